The lowest BCUT2D eigenvalue weighted by molar-refractivity contribution is 0.385. The van der Waals surface area contributed by atoms with Gasteiger partial charge in [0.15, 0.2) is 0 Å². The first-order chi connectivity index (χ1) is 5.43. The molecule has 1 aliphatic rings. The lowest BCUT2D eigenvalue weighted by Crippen LogP contribution is -2.43. The first-order valence-electron chi connectivity index (χ1n) is 4.29. The lowest BCUT2D eigenvalue weighted by atomic mass is 10.1. The van der Waals surface area contributed by atoms with Crippen LogP contribution in [0.2, 0.25) is 0 Å². The van der Waals surface area contributed by atoms with Crippen molar-refractivity contribution >= 4 is 23.5 Å². The van der Waals surface area contributed by atoms with Gasteiger partial charge in [0.2, 0.25) is 0 Å². The van der Waals surface area contributed by atoms with Crippen molar-refractivity contribution in [1.29, 1.82) is 0 Å². The van der Waals surface area contributed by atoms with Crippen LogP contribution in [0.15, 0.2) is 0 Å². The van der Waals surface area contributed by atoms with E-state index in [0.717, 1.165) is 5.92 Å². The third-order valence-electron chi connectivity index (χ3n) is 1.80. The molecule has 1 N–H and O–H groups in total. The minimum Gasteiger partial charge on any atom is -0.316 e. The number of nitrogens with one attached hydrogen (secondary N) is 1. The zero-order valence-electron chi connectivity index (χ0n) is 7.14. The van der Waals surface area contributed by atoms with Gasteiger partial charge in [-0.15, -0.1) is 0 Å². The summed E-state index contributed by atoms with van der Waals surface area (Å²) in [6.45, 7) is 4.74. The highest BCUT2D eigenvalue weighted by Crippen LogP contribution is 2.13. The third kappa shape index (κ3) is 4.28. The second-order valence-electron chi connectivity index (χ2n) is 2.80. The number of hydrogen-bond acceptors (Lipinski definition) is 3. The second kappa shape index (κ2) is 6.21. The molecule has 66 valence electrons. The summed E-state index contributed by atoms with van der Waals surface area (Å²) in [6.07, 6.45) is 0. The molecule has 1 fully saturated rings. The van der Waals surface area contributed by atoms with Gasteiger partial charge >= 0.3 is 0 Å². The van der Waals surface area contributed by atoms with Crippen LogP contribution in [-0.4, -0.2) is 36.1 Å². The van der Waals surface area contributed by atoms with E-state index in [-0.39, 0.29) is 0 Å². The van der Waals surface area contributed by atoms with Crippen molar-refractivity contribution < 1.29 is 0 Å². The van der Waals surface area contributed by atoms with E-state index in [4.69, 9.17) is 0 Å². The van der Waals surface area contributed by atoms with Crippen molar-refractivity contribution in [3.8, 4) is 0 Å². The molecule has 0 amide bonds. The van der Waals surface area contributed by atoms with E-state index in [2.05, 4.69) is 24.0 Å². The lowest BCUT2D eigenvalue weighted by Gasteiger charge is -2.26. The molecular weight excluding hydrogens is 174 g/mol. The molecule has 1 nitrogen and oxygen atoms in total. The van der Waals surface area contributed by atoms with Crippen LogP contribution in [0.25, 0.3) is 0 Å². The van der Waals surface area contributed by atoms with E-state index in [1.807, 2.05) is 11.8 Å². The SMILES string of the molecule is CCSCCSCC1CNC1. The fourth-order valence-corrected chi connectivity index (χ4v) is 2.95. The Hall–Kier alpha value is 0.660. The van der Waals surface area contributed by atoms with E-state index in [0.29, 0.717) is 0 Å². The van der Waals surface area contributed by atoms with E-state index in [1.54, 1.807) is 0 Å². The van der Waals surface area contributed by atoms with Gasteiger partial charge in [0.1, 0.15) is 0 Å². The first kappa shape index (κ1) is 9.75. The predicted octanol–water partition coefficient (Wildman–Crippen LogP) is 1.69. The fourth-order valence-electron chi connectivity index (χ4n) is 0.979. The third-order valence-corrected chi connectivity index (χ3v) is 4.16. The topological polar surface area (TPSA) is 12.0 Å². The highest BCUT2D eigenvalue weighted by Gasteiger charge is 2.15. The zero-order valence-corrected chi connectivity index (χ0v) is 8.77. The maximum Gasteiger partial charge on any atom is 0.00237 e. The Morgan fingerprint density at radius 1 is 1.27 bits per heavy atom. The summed E-state index contributed by atoms with van der Waals surface area (Å²) in [7, 11) is 0. The summed E-state index contributed by atoms with van der Waals surface area (Å²) < 4.78 is 0. The molecule has 11 heavy (non-hydrogen) atoms. The molecule has 0 aromatic heterocycles. The van der Waals surface area contributed by atoms with Gasteiger partial charge in [-0.3, -0.25) is 0 Å². The molecule has 0 aromatic rings. The van der Waals surface area contributed by atoms with Crippen molar-refractivity contribution in [2.45, 2.75) is 6.92 Å². The Balaban J connectivity index is 1.73. The Morgan fingerprint density at radius 2 is 2.00 bits per heavy atom. The van der Waals surface area contributed by atoms with Gasteiger partial charge in [0.05, 0.1) is 0 Å². The first-order valence-corrected chi connectivity index (χ1v) is 6.60. The van der Waals surface area contributed by atoms with E-state index < -0.39 is 0 Å². The molecule has 0 aromatic carbocycles. The molecule has 0 saturated carbocycles. The van der Waals surface area contributed by atoms with Crippen molar-refractivity contribution in [3.63, 3.8) is 0 Å². The highest BCUT2D eigenvalue weighted by molar-refractivity contribution is 8.02. The molecule has 0 aliphatic carbocycles. The Labute approximate surface area is 78.1 Å². The fraction of sp³-hybridized carbons (Fsp3) is 1.00. The molecular formula is C8H17NS2. The van der Waals surface area contributed by atoms with Crippen LogP contribution in [0.5, 0.6) is 0 Å². The van der Waals surface area contributed by atoms with Crippen LogP contribution in [0.1, 0.15) is 6.92 Å². The minimum atomic E-state index is 0.978. The van der Waals surface area contributed by atoms with Crippen molar-refractivity contribution in [2.75, 3.05) is 36.1 Å². The van der Waals surface area contributed by atoms with Crippen LogP contribution < -0.4 is 5.32 Å². The molecule has 0 bridgehead atoms. The number of rotatable bonds is 6. The molecule has 1 heterocycles. The van der Waals surface area contributed by atoms with Crippen LogP contribution in [-0.2, 0) is 0 Å². The molecule has 0 atom stereocenters. The molecule has 3 heteroatoms. The van der Waals surface area contributed by atoms with Gasteiger partial charge in [-0.25, -0.2) is 0 Å². The van der Waals surface area contributed by atoms with E-state index >= 15 is 0 Å². The molecule has 0 spiro atoms. The van der Waals surface area contributed by atoms with Gasteiger partial charge in [-0.2, -0.15) is 23.5 Å². The van der Waals surface area contributed by atoms with Gasteiger partial charge < -0.3 is 5.32 Å². The summed E-state index contributed by atoms with van der Waals surface area (Å²) in [6, 6.07) is 0. The summed E-state index contributed by atoms with van der Waals surface area (Å²) in [5, 5.41) is 3.29. The normalized spacial score (nSPS) is 18.3. The van der Waals surface area contributed by atoms with Crippen molar-refractivity contribution in [3.05, 3.63) is 0 Å². The summed E-state index contributed by atoms with van der Waals surface area (Å²) in [4.78, 5) is 0. The van der Waals surface area contributed by atoms with E-state index in [1.165, 1.54) is 36.1 Å². The quantitative estimate of drug-likeness (QED) is 0.642. The second-order valence-corrected chi connectivity index (χ2v) is 5.34. The summed E-state index contributed by atoms with van der Waals surface area (Å²) in [5.74, 6) is 6.30. The Morgan fingerprint density at radius 3 is 2.55 bits per heavy atom. The van der Waals surface area contributed by atoms with Gasteiger partial charge in [0.25, 0.3) is 0 Å². The molecule has 1 rings (SSSR count). The molecule has 1 saturated heterocycles. The smallest absolute Gasteiger partial charge is 0.00237 e. The number of hydrogen-bond donors (Lipinski definition) is 1. The molecule has 0 radical (unpaired) electrons. The van der Waals surface area contributed by atoms with Crippen molar-refractivity contribution in [1.82, 2.24) is 5.32 Å². The van der Waals surface area contributed by atoms with Crippen molar-refractivity contribution in [2.24, 2.45) is 5.92 Å². The standard InChI is InChI=1S/C8H17NS2/c1-2-10-3-4-11-7-8-5-9-6-8/h8-9H,2-7H2,1H3. The summed E-state index contributed by atoms with van der Waals surface area (Å²) >= 11 is 4.17. The predicted molar refractivity (Wildman–Crippen MR) is 56.7 cm³/mol. The Bertz CT molecular complexity index is 94.1. The molecule has 0 unspecified atom stereocenters. The van der Waals surface area contributed by atoms with Gasteiger partial charge in [-0.05, 0) is 30.5 Å². The van der Waals surface area contributed by atoms with Crippen LogP contribution in [0.4, 0.5) is 0 Å². The maximum atomic E-state index is 3.29. The van der Waals surface area contributed by atoms with Gasteiger partial charge in [0, 0.05) is 11.5 Å². The minimum absolute atomic E-state index is 0.978. The molecule has 1 aliphatic heterocycles. The largest absolute Gasteiger partial charge is 0.316 e. The van der Waals surface area contributed by atoms with Crippen LogP contribution >= 0.6 is 23.5 Å². The maximum absolute atomic E-state index is 3.29. The average Bonchev–Trinajstić information content (AvgIpc) is 1.93. The summed E-state index contributed by atoms with van der Waals surface area (Å²) in [5.41, 5.74) is 0. The number of thioether (sulfide) groups is 2. The highest BCUT2D eigenvalue weighted by atomic mass is 32.2. The van der Waals surface area contributed by atoms with E-state index in [9.17, 15) is 0 Å². The monoisotopic (exact) mass is 191 g/mol. The average molecular weight is 191 g/mol. The zero-order chi connectivity index (χ0) is 7.94. The van der Waals surface area contributed by atoms with Crippen LogP contribution in [0.3, 0.4) is 0 Å². The van der Waals surface area contributed by atoms with Gasteiger partial charge in [-0.1, -0.05) is 6.92 Å². The Kier molecular flexibility index (Phi) is 5.50. The van der Waals surface area contributed by atoms with Crippen LogP contribution in [0, 0.1) is 5.92 Å².